The number of nitriles is 1. The van der Waals surface area contributed by atoms with Crippen LogP contribution in [0.2, 0.25) is 0 Å². The van der Waals surface area contributed by atoms with Crippen LogP contribution in [0.15, 0.2) is 54.6 Å². The summed E-state index contributed by atoms with van der Waals surface area (Å²) in [5.41, 5.74) is 2.30. The molecule has 2 aromatic carbocycles. The molecule has 120 valence electrons. The van der Waals surface area contributed by atoms with Crippen molar-refractivity contribution >= 4 is 5.69 Å². The number of aliphatic hydroxyl groups excluding tert-OH is 2. The summed E-state index contributed by atoms with van der Waals surface area (Å²) in [4.78, 5) is 1.98. The highest BCUT2D eigenvalue weighted by Gasteiger charge is 2.16. The van der Waals surface area contributed by atoms with E-state index in [0.29, 0.717) is 25.1 Å². The molecule has 0 spiro atoms. The van der Waals surface area contributed by atoms with Gasteiger partial charge in [-0.2, -0.15) is 5.26 Å². The molecule has 0 saturated heterocycles. The first-order valence-electron chi connectivity index (χ1n) is 7.80. The van der Waals surface area contributed by atoms with Crippen LogP contribution >= 0.6 is 0 Å². The smallest absolute Gasteiger partial charge is 0.0991 e. The fraction of sp³-hybridized carbons (Fsp3) is 0.316. The molecule has 2 N–H and O–H groups in total. The third-order valence-corrected chi connectivity index (χ3v) is 3.84. The Balaban J connectivity index is 2.14. The Morgan fingerprint density at radius 3 is 2.22 bits per heavy atom. The molecule has 0 bridgehead atoms. The average Bonchev–Trinajstić information content (AvgIpc) is 2.61. The van der Waals surface area contributed by atoms with Crippen LogP contribution in [0.5, 0.6) is 0 Å². The molecule has 4 heteroatoms. The van der Waals surface area contributed by atoms with Crippen LogP contribution in [-0.2, 0) is 0 Å². The van der Waals surface area contributed by atoms with Gasteiger partial charge in [-0.1, -0.05) is 37.3 Å². The lowest BCUT2D eigenvalue weighted by molar-refractivity contribution is 0.157. The third kappa shape index (κ3) is 4.82. The van der Waals surface area contributed by atoms with Gasteiger partial charge in [0.2, 0.25) is 0 Å². The van der Waals surface area contributed by atoms with Crippen molar-refractivity contribution in [2.45, 2.75) is 25.6 Å². The molecular formula is C19H22N2O2. The molecular weight excluding hydrogens is 288 g/mol. The van der Waals surface area contributed by atoms with Crippen molar-refractivity contribution in [3.63, 3.8) is 0 Å². The first kappa shape index (κ1) is 17.0. The number of anilines is 1. The Kier molecular flexibility index (Phi) is 6.16. The van der Waals surface area contributed by atoms with Crippen LogP contribution in [0, 0.1) is 11.3 Å². The number of aliphatic hydroxyl groups is 2. The highest BCUT2D eigenvalue weighted by Crippen LogP contribution is 2.20. The van der Waals surface area contributed by atoms with Gasteiger partial charge in [0, 0.05) is 18.8 Å². The van der Waals surface area contributed by atoms with Crippen molar-refractivity contribution in [3.8, 4) is 6.07 Å². The van der Waals surface area contributed by atoms with E-state index in [4.69, 9.17) is 5.26 Å². The predicted octanol–water partition coefficient (Wildman–Crippen LogP) is 2.87. The van der Waals surface area contributed by atoms with Crippen LogP contribution < -0.4 is 4.90 Å². The number of para-hydroxylation sites is 1. The van der Waals surface area contributed by atoms with Gasteiger partial charge >= 0.3 is 0 Å². The van der Waals surface area contributed by atoms with E-state index in [1.54, 1.807) is 24.3 Å². The van der Waals surface area contributed by atoms with Crippen molar-refractivity contribution < 1.29 is 10.2 Å². The molecule has 0 fully saturated rings. The van der Waals surface area contributed by atoms with Crippen molar-refractivity contribution in [1.29, 1.82) is 5.26 Å². The topological polar surface area (TPSA) is 67.5 Å². The van der Waals surface area contributed by atoms with E-state index in [2.05, 4.69) is 6.07 Å². The van der Waals surface area contributed by atoms with E-state index in [1.165, 1.54) is 0 Å². The van der Waals surface area contributed by atoms with E-state index < -0.39 is 12.2 Å². The van der Waals surface area contributed by atoms with Crippen molar-refractivity contribution in [2.24, 2.45) is 0 Å². The van der Waals surface area contributed by atoms with E-state index >= 15 is 0 Å². The minimum atomic E-state index is -0.688. The van der Waals surface area contributed by atoms with E-state index in [-0.39, 0.29) is 0 Å². The maximum absolute atomic E-state index is 10.5. The number of nitrogens with zero attached hydrogens (tertiary/aromatic N) is 2. The molecule has 2 atom stereocenters. The highest BCUT2D eigenvalue weighted by molar-refractivity contribution is 5.46. The van der Waals surface area contributed by atoms with Gasteiger partial charge in [0.1, 0.15) is 0 Å². The molecule has 0 heterocycles. The van der Waals surface area contributed by atoms with Gasteiger partial charge in [0.05, 0.1) is 23.8 Å². The van der Waals surface area contributed by atoms with Gasteiger partial charge in [-0.3, -0.25) is 0 Å². The second-order valence-corrected chi connectivity index (χ2v) is 5.55. The first-order chi connectivity index (χ1) is 11.1. The fourth-order valence-corrected chi connectivity index (χ4v) is 2.40. The molecule has 2 unspecified atom stereocenters. The van der Waals surface area contributed by atoms with Gasteiger partial charge in [-0.25, -0.2) is 0 Å². The Labute approximate surface area is 137 Å². The van der Waals surface area contributed by atoms with Crippen LogP contribution in [-0.4, -0.2) is 29.4 Å². The monoisotopic (exact) mass is 310 g/mol. The molecule has 2 aromatic rings. The normalized spacial score (nSPS) is 13.1. The quantitative estimate of drug-likeness (QED) is 0.825. The van der Waals surface area contributed by atoms with Gasteiger partial charge in [-0.05, 0) is 36.2 Å². The lowest BCUT2D eigenvalue weighted by atomic mass is 10.1. The average molecular weight is 310 g/mol. The second-order valence-electron chi connectivity index (χ2n) is 5.55. The molecule has 0 amide bonds. The maximum Gasteiger partial charge on any atom is 0.0991 e. The summed E-state index contributed by atoms with van der Waals surface area (Å²) in [5.74, 6) is 0. The molecule has 0 aromatic heterocycles. The summed E-state index contributed by atoms with van der Waals surface area (Å²) >= 11 is 0. The Morgan fingerprint density at radius 1 is 1.00 bits per heavy atom. The minimum absolute atomic E-state index is 0.382. The zero-order valence-corrected chi connectivity index (χ0v) is 13.3. The maximum atomic E-state index is 10.5. The summed E-state index contributed by atoms with van der Waals surface area (Å²) in [6.07, 6.45) is -0.466. The lowest BCUT2D eigenvalue weighted by Crippen LogP contribution is -2.35. The largest absolute Gasteiger partial charge is 0.391 e. The van der Waals surface area contributed by atoms with Gasteiger partial charge in [0.25, 0.3) is 0 Å². The number of hydrogen-bond donors (Lipinski definition) is 2. The van der Waals surface area contributed by atoms with E-state index in [1.807, 2.05) is 42.2 Å². The van der Waals surface area contributed by atoms with E-state index in [9.17, 15) is 10.2 Å². The molecule has 23 heavy (non-hydrogen) atoms. The predicted molar refractivity (Wildman–Crippen MR) is 91.1 cm³/mol. The number of hydrogen-bond acceptors (Lipinski definition) is 4. The van der Waals surface area contributed by atoms with Crippen LogP contribution in [0.1, 0.15) is 30.6 Å². The zero-order chi connectivity index (χ0) is 16.7. The highest BCUT2D eigenvalue weighted by atomic mass is 16.3. The van der Waals surface area contributed by atoms with Crippen molar-refractivity contribution in [2.75, 3.05) is 18.0 Å². The fourth-order valence-electron chi connectivity index (χ4n) is 2.40. The van der Waals surface area contributed by atoms with Gasteiger partial charge in [-0.15, -0.1) is 0 Å². The third-order valence-electron chi connectivity index (χ3n) is 3.84. The summed E-state index contributed by atoms with van der Waals surface area (Å²) in [7, 11) is 0. The van der Waals surface area contributed by atoms with Crippen LogP contribution in [0.3, 0.4) is 0 Å². The van der Waals surface area contributed by atoms with E-state index in [0.717, 1.165) is 11.3 Å². The molecule has 0 aliphatic heterocycles. The van der Waals surface area contributed by atoms with Crippen LogP contribution in [0.25, 0.3) is 0 Å². The lowest BCUT2D eigenvalue weighted by Gasteiger charge is -2.29. The van der Waals surface area contributed by atoms with Gasteiger partial charge < -0.3 is 15.1 Å². The standard InChI is InChI=1S/C19H22N2O2/c1-2-18(22)13-21(17-6-4-3-5-7-17)14-19(23)16-10-8-15(12-20)9-11-16/h3-11,18-19,22-23H,2,13-14H2,1H3. The zero-order valence-electron chi connectivity index (χ0n) is 13.3. The molecule has 4 nitrogen and oxygen atoms in total. The van der Waals surface area contributed by atoms with Crippen molar-refractivity contribution in [1.82, 2.24) is 0 Å². The summed E-state index contributed by atoms with van der Waals surface area (Å²) in [6, 6.07) is 18.8. The van der Waals surface area contributed by atoms with Gasteiger partial charge in [0.15, 0.2) is 0 Å². The molecule has 2 rings (SSSR count). The molecule has 0 aliphatic rings. The second kappa shape index (κ2) is 8.33. The Bertz CT molecular complexity index is 635. The number of rotatable bonds is 7. The molecule has 0 saturated carbocycles. The molecule has 0 radical (unpaired) electrons. The number of benzene rings is 2. The summed E-state index contributed by atoms with van der Waals surface area (Å²) in [5, 5.41) is 29.3. The van der Waals surface area contributed by atoms with Crippen molar-refractivity contribution in [3.05, 3.63) is 65.7 Å². The summed E-state index contributed by atoms with van der Waals surface area (Å²) in [6.45, 7) is 2.78. The minimum Gasteiger partial charge on any atom is -0.391 e. The SMILES string of the molecule is CCC(O)CN(CC(O)c1ccc(C#N)cc1)c1ccccc1. The first-order valence-corrected chi connectivity index (χ1v) is 7.80. The molecule has 0 aliphatic carbocycles. The summed E-state index contributed by atoms with van der Waals surface area (Å²) < 4.78 is 0. The Morgan fingerprint density at radius 2 is 1.65 bits per heavy atom. The Hall–Kier alpha value is -2.35. The van der Waals surface area contributed by atoms with Crippen LogP contribution in [0.4, 0.5) is 5.69 Å².